The van der Waals surface area contributed by atoms with Crippen LogP contribution in [0, 0.1) is 0 Å². The maximum atomic E-state index is 5.65. The number of nitrogens with zero attached hydrogens (tertiary/aromatic N) is 1. The predicted molar refractivity (Wildman–Crippen MR) is 74.4 cm³/mol. The predicted octanol–water partition coefficient (Wildman–Crippen LogP) is 3.70. The number of hydrogen-bond acceptors (Lipinski definition) is 4. The summed E-state index contributed by atoms with van der Waals surface area (Å²) in [5.41, 5.74) is 9.37. The third kappa shape index (κ3) is 2.33. The Balaban J connectivity index is 1.74. The van der Waals surface area contributed by atoms with Crippen molar-refractivity contribution < 1.29 is 4.42 Å². The Hall–Kier alpha value is -1.94. The summed E-state index contributed by atoms with van der Waals surface area (Å²) >= 11 is 1.59. The fourth-order valence-corrected chi connectivity index (χ4v) is 2.47. The van der Waals surface area contributed by atoms with Crippen LogP contribution in [-0.2, 0) is 5.75 Å². The lowest BCUT2D eigenvalue weighted by atomic mass is 10.2. The van der Waals surface area contributed by atoms with Crippen LogP contribution < -0.4 is 5.73 Å². The first-order chi connectivity index (χ1) is 8.81. The van der Waals surface area contributed by atoms with E-state index in [2.05, 4.69) is 4.98 Å². The molecule has 0 bridgehead atoms. The molecule has 0 saturated carbocycles. The Kier molecular flexibility index (Phi) is 2.94. The van der Waals surface area contributed by atoms with Gasteiger partial charge in [-0.1, -0.05) is 36.0 Å². The number of hydrogen-bond donors (Lipinski definition) is 1. The SMILES string of the molecule is Nc1ccc(CSc2nc3ccccc3o2)cc1. The van der Waals surface area contributed by atoms with Gasteiger partial charge in [-0.2, -0.15) is 0 Å². The molecule has 3 aromatic rings. The van der Waals surface area contributed by atoms with Crippen LogP contribution in [0.3, 0.4) is 0 Å². The minimum atomic E-state index is 0.702. The van der Waals surface area contributed by atoms with E-state index in [-0.39, 0.29) is 0 Å². The lowest BCUT2D eigenvalue weighted by Crippen LogP contribution is -1.85. The number of benzene rings is 2. The second-order valence-electron chi connectivity index (χ2n) is 3.98. The van der Waals surface area contributed by atoms with E-state index in [1.54, 1.807) is 11.8 Å². The Labute approximate surface area is 109 Å². The van der Waals surface area contributed by atoms with Crippen LogP contribution >= 0.6 is 11.8 Å². The highest BCUT2D eigenvalue weighted by Crippen LogP contribution is 2.26. The molecule has 0 aliphatic carbocycles. The van der Waals surface area contributed by atoms with E-state index >= 15 is 0 Å². The first-order valence-electron chi connectivity index (χ1n) is 5.64. The molecular weight excluding hydrogens is 244 g/mol. The van der Waals surface area contributed by atoms with Crippen molar-refractivity contribution in [2.75, 3.05) is 5.73 Å². The molecule has 0 amide bonds. The molecule has 4 heteroatoms. The summed E-state index contributed by atoms with van der Waals surface area (Å²) in [4.78, 5) is 4.42. The zero-order chi connectivity index (χ0) is 12.4. The van der Waals surface area contributed by atoms with Crippen molar-refractivity contribution in [2.24, 2.45) is 0 Å². The van der Waals surface area contributed by atoms with Crippen LogP contribution in [0.5, 0.6) is 0 Å². The molecular formula is C14H12N2OS. The van der Waals surface area contributed by atoms with Crippen LogP contribution in [0.1, 0.15) is 5.56 Å². The summed E-state index contributed by atoms with van der Waals surface area (Å²) in [5.74, 6) is 0.826. The number of thioether (sulfide) groups is 1. The Bertz CT molecular complexity index is 628. The Morgan fingerprint density at radius 3 is 2.61 bits per heavy atom. The van der Waals surface area contributed by atoms with Crippen LogP contribution in [-0.4, -0.2) is 4.98 Å². The smallest absolute Gasteiger partial charge is 0.257 e. The highest BCUT2D eigenvalue weighted by Gasteiger charge is 2.05. The van der Waals surface area contributed by atoms with Gasteiger partial charge >= 0.3 is 0 Å². The van der Waals surface area contributed by atoms with Gasteiger partial charge in [-0.15, -0.1) is 0 Å². The number of fused-ring (bicyclic) bond motifs is 1. The van der Waals surface area contributed by atoms with E-state index in [9.17, 15) is 0 Å². The molecule has 2 N–H and O–H groups in total. The fourth-order valence-electron chi connectivity index (χ4n) is 1.67. The zero-order valence-corrected chi connectivity index (χ0v) is 10.5. The van der Waals surface area contributed by atoms with Crippen LogP contribution in [0.15, 0.2) is 58.2 Å². The van der Waals surface area contributed by atoms with Crippen LogP contribution in [0.2, 0.25) is 0 Å². The molecule has 0 aliphatic rings. The Morgan fingerprint density at radius 1 is 1.06 bits per heavy atom. The average molecular weight is 256 g/mol. The largest absolute Gasteiger partial charge is 0.431 e. The molecule has 0 saturated heterocycles. The van der Waals surface area contributed by atoms with Gasteiger partial charge in [-0.3, -0.25) is 0 Å². The number of nitrogens with two attached hydrogens (primary N) is 1. The summed E-state index contributed by atoms with van der Waals surface area (Å²) < 4.78 is 5.64. The number of para-hydroxylation sites is 2. The van der Waals surface area contributed by atoms with Crippen molar-refractivity contribution in [2.45, 2.75) is 11.0 Å². The van der Waals surface area contributed by atoms with Crippen molar-refractivity contribution in [3.63, 3.8) is 0 Å². The van der Waals surface area contributed by atoms with Gasteiger partial charge in [0.15, 0.2) is 5.58 Å². The topological polar surface area (TPSA) is 52.0 Å². The van der Waals surface area contributed by atoms with Gasteiger partial charge in [-0.25, -0.2) is 4.98 Å². The van der Waals surface area contributed by atoms with Gasteiger partial charge in [0.2, 0.25) is 0 Å². The summed E-state index contributed by atoms with van der Waals surface area (Å²) in [6.07, 6.45) is 0. The highest BCUT2D eigenvalue weighted by atomic mass is 32.2. The summed E-state index contributed by atoms with van der Waals surface area (Å²) in [6.45, 7) is 0. The number of nitrogen functional groups attached to an aromatic ring is 1. The number of anilines is 1. The number of aromatic nitrogens is 1. The molecule has 0 radical (unpaired) electrons. The molecule has 1 aromatic heterocycles. The van der Waals surface area contributed by atoms with E-state index < -0.39 is 0 Å². The maximum Gasteiger partial charge on any atom is 0.257 e. The number of rotatable bonds is 3. The minimum absolute atomic E-state index is 0.702. The monoisotopic (exact) mass is 256 g/mol. The van der Waals surface area contributed by atoms with E-state index in [1.165, 1.54) is 5.56 Å². The standard InChI is InChI=1S/C14H12N2OS/c15-11-7-5-10(6-8-11)9-18-14-16-12-3-1-2-4-13(12)17-14/h1-8H,9,15H2. The molecule has 90 valence electrons. The molecule has 0 spiro atoms. The van der Waals surface area contributed by atoms with Crippen molar-refractivity contribution in [1.29, 1.82) is 0 Å². The van der Waals surface area contributed by atoms with E-state index in [1.807, 2.05) is 48.5 Å². The molecule has 1 heterocycles. The Morgan fingerprint density at radius 2 is 1.83 bits per heavy atom. The first-order valence-corrected chi connectivity index (χ1v) is 6.62. The summed E-state index contributed by atoms with van der Waals surface area (Å²) in [5, 5.41) is 0.702. The second kappa shape index (κ2) is 4.74. The second-order valence-corrected chi connectivity index (χ2v) is 4.90. The first kappa shape index (κ1) is 11.2. The van der Waals surface area contributed by atoms with Crippen molar-refractivity contribution in [3.8, 4) is 0 Å². The van der Waals surface area contributed by atoms with E-state index in [0.717, 1.165) is 22.5 Å². The van der Waals surface area contributed by atoms with Gasteiger partial charge in [0.25, 0.3) is 5.22 Å². The lowest BCUT2D eigenvalue weighted by molar-refractivity contribution is 0.489. The van der Waals surface area contributed by atoms with Crippen molar-refractivity contribution in [3.05, 3.63) is 54.1 Å². The fraction of sp³-hybridized carbons (Fsp3) is 0.0714. The van der Waals surface area contributed by atoms with Crippen molar-refractivity contribution in [1.82, 2.24) is 4.98 Å². The van der Waals surface area contributed by atoms with Gasteiger partial charge in [0.05, 0.1) is 0 Å². The maximum absolute atomic E-state index is 5.65. The molecule has 0 fully saturated rings. The lowest BCUT2D eigenvalue weighted by Gasteiger charge is -1.98. The molecule has 0 aliphatic heterocycles. The normalized spacial score (nSPS) is 10.9. The summed E-state index contributed by atoms with van der Waals surface area (Å²) in [6, 6.07) is 15.6. The minimum Gasteiger partial charge on any atom is -0.431 e. The quantitative estimate of drug-likeness (QED) is 0.573. The number of oxazole rings is 1. The van der Waals surface area contributed by atoms with Crippen LogP contribution in [0.4, 0.5) is 5.69 Å². The van der Waals surface area contributed by atoms with Gasteiger partial charge < -0.3 is 10.2 Å². The molecule has 0 unspecified atom stereocenters. The van der Waals surface area contributed by atoms with Crippen LogP contribution in [0.25, 0.3) is 11.1 Å². The molecule has 0 atom stereocenters. The zero-order valence-electron chi connectivity index (χ0n) is 9.67. The summed E-state index contributed by atoms with van der Waals surface area (Å²) in [7, 11) is 0. The third-order valence-electron chi connectivity index (χ3n) is 2.62. The van der Waals surface area contributed by atoms with E-state index in [4.69, 9.17) is 10.2 Å². The van der Waals surface area contributed by atoms with Gasteiger partial charge in [0.1, 0.15) is 5.52 Å². The molecule has 3 rings (SSSR count). The van der Waals surface area contributed by atoms with Gasteiger partial charge in [-0.05, 0) is 29.8 Å². The molecule has 2 aromatic carbocycles. The highest BCUT2D eigenvalue weighted by molar-refractivity contribution is 7.98. The average Bonchev–Trinajstić information content (AvgIpc) is 2.81. The van der Waals surface area contributed by atoms with Gasteiger partial charge in [0, 0.05) is 11.4 Å². The molecule has 3 nitrogen and oxygen atoms in total. The molecule has 18 heavy (non-hydrogen) atoms. The van der Waals surface area contributed by atoms with E-state index in [0.29, 0.717) is 5.22 Å². The third-order valence-corrected chi connectivity index (χ3v) is 3.52. The van der Waals surface area contributed by atoms with Crippen molar-refractivity contribution >= 4 is 28.5 Å².